The Morgan fingerprint density at radius 1 is 1.03 bits per heavy atom. The molecule has 2 aromatic rings. The Labute approximate surface area is 199 Å². The number of aryl methyl sites for hydroxylation is 1. The number of aromatic nitrogens is 1. The first-order chi connectivity index (χ1) is 16.3. The van der Waals surface area contributed by atoms with Crippen molar-refractivity contribution in [3.63, 3.8) is 0 Å². The number of nitrogens with one attached hydrogen (secondary N) is 1. The fraction of sp³-hybridized carbons (Fsp3) is 0.478. The van der Waals surface area contributed by atoms with Gasteiger partial charge in [-0.1, -0.05) is 6.42 Å². The first-order valence-electron chi connectivity index (χ1n) is 11.3. The van der Waals surface area contributed by atoms with Gasteiger partial charge in [-0.3, -0.25) is 4.79 Å². The lowest BCUT2D eigenvalue weighted by atomic mass is 10.1. The van der Waals surface area contributed by atoms with E-state index < -0.39 is 21.9 Å². The molecule has 0 aliphatic carbocycles. The zero-order valence-corrected chi connectivity index (χ0v) is 20.3. The maximum atomic E-state index is 13.1. The van der Waals surface area contributed by atoms with E-state index in [0.717, 1.165) is 24.9 Å². The molecule has 3 heterocycles. The van der Waals surface area contributed by atoms with Gasteiger partial charge in [0.1, 0.15) is 10.6 Å². The summed E-state index contributed by atoms with van der Waals surface area (Å²) in [4.78, 5) is 27.7. The van der Waals surface area contributed by atoms with E-state index in [2.05, 4.69) is 10.2 Å². The minimum Gasteiger partial charge on any atom is -0.465 e. The van der Waals surface area contributed by atoms with Crippen molar-refractivity contribution in [2.45, 2.75) is 24.2 Å². The molecular formula is C23H30N4O6S. The van der Waals surface area contributed by atoms with Gasteiger partial charge < -0.3 is 24.3 Å². The summed E-state index contributed by atoms with van der Waals surface area (Å²) in [7, 11) is -0.771. The number of benzene rings is 1. The molecule has 1 aromatic carbocycles. The summed E-state index contributed by atoms with van der Waals surface area (Å²) < 4.78 is 39.3. The second kappa shape index (κ2) is 10.2. The van der Waals surface area contributed by atoms with Gasteiger partial charge in [0.2, 0.25) is 10.0 Å². The lowest BCUT2D eigenvalue weighted by Gasteiger charge is -2.29. The zero-order chi connectivity index (χ0) is 24.3. The van der Waals surface area contributed by atoms with E-state index in [1.807, 2.05) is 6.07 Å². The number of nitrogens with zero attached hydrogens (tertiary/aromatic N) is 3. The van der Waals surface area contributed by atoms with Crippen LogP contribution in [0.25, 0.3) is 0 Å². The van der Waals surface area contributed by atoms with Crippen LogP contribution in [0.15, 0.2) is 35.4 Å². The Bertz CT molecular complexity index is 1160. The average Bonchev–Trinajstić information content (AvgIpc) is 3.27. The number of hydrogen-bond donors (Lipinski definition) is 1. The Morgan fingerprint density at radius 2 is 1.74 bits per heavy atom. The molecule has 2 saturated heterocycles. The van der Waals surface area contributed by atoms with E-state index in [1.165, 1.54) is 28.2 Å². The van der Waals surface area contributed by atoms with Crippen molar-refractivity contribution >= 4 is 33.3 Å². The second-order valence-electron chi connectivity index (χ2n) is 8.41. The Balaban J connectivity index is 1.58. The number of piperidine rings is 1. The van der Waals surface area contributed by atoms with E-state index >= 15 is 0 Å². The minimum absolute atomic E-state index is 0.0814. The number of carbonyl (C=O) groups is 2. The van der Waals surface area contributed by atoms with Gasteiger partial charge in [0.15, 0.2) is 0 Å². The molecule has 1 N–H and O–H groups in total. The number of sulfonamides is 1. The smallest absolute Gasteiger partial charge is 0.340 e. The molecule has 0 unspecified atom stereocenters. The number of anilines is 2. The maximum Gasteiger partial charge on any atom is 0.340 e. The highest BCUT2D eigenvalue weighted by atomic mass is 32.2. The Hall–Kier alpha value is -2.89. The summed E-state index contributed by atoms with van der Waals surface area (Å²) in [5.74, 6) is -1.10. The fourth-order valence-electron chi connectivity index (χ4n) is 4.28. The van der Waals surface area contributed by atoms with Crippen LogP contribution in [-0.2, 0) is 26.5 Å². The normalized spacial score (nSPS) is 17.4. The quantitative estimate of drug-likeness (QED) is 0.617. The zero-order valence-electron chi connectivity index (χ0n) is 19.5. The molecule has 0 radical (unpaired) electrons. The molecule has 10 nitrogen and oxygen atoms in total. The molecular weight excluding hydrogens is 460 g/mol. The highest BCUT2D eigenvalue weighted by molar-refractivity contribution is 7.89. The van der Waals surface area contributed by atoms with Crippen molar-refractivity contribution in [1.82, 2.24) is 8.87 Å². The van der Waals surface area contributed by atoms with Gasteiger partial charge in [0.25, 0.3) is 5.91 Å². The van der Waals surface area contributed by atoms with Gasteiger partial charge in [0, 0.05) is 45.1 Å². The molecule has 0 atom stereocenters. The summed E-state index contributed by atoms with van der Waals surface area (Å²) in [6.07, 6.45) is 4.12. The monoisotopic (exact) mass is 490 g/mol. The SMILES string of the molecule is COC(=O)c1cc(N2CCOCC2)ccc1NC(=O)c1cc(S(=O)(=O)N2CCCCC2)cn1C. The minimum atomic E-state index is -3.67. The summed E-state index contributed by atoms with van der Waals surface area (Å²) in [6, 6.07) is 6.54. The second-order valence-corrected chi connectivity index (χ2v) is 10.3. The van der Waals surface area contributed by atoms with Gasteiger partial charge in [0.05, 0.1) is 31.6 Å². The molecule has 1 aromatic heterocycles. The van der Waals surface area contributed by atoms with Crippen LogP contribution in [-0.4, -0.2) is 75.7 Å². The van der Waals surface area contributed by atoms with Crippen LogP contribution < -0.4 is 10.2 Å². The number of ether oxygens (including phenoxy) is 2. The van der Waals surface area contributed by atoms with Crippen molar-refractivity contribution in [2.75, 3.05) is 56.7 Å². The van der Waals surface area contributed by atoms with Crippen LogP contribution in [0.4, 0.5) is 11.4 Å². The number of carbonyl (C=O) groups excluding carboxylic acids is 2. The predicted octanol–water partition coefficient (Wildman–Crippen LogP) is 2.08. The van der Waals surface area contributed by atoms with Crippen molar-refractivity contribution in [3.8, 4) is 0 Å². The number of esters is 1. The maximum absolute atomic E-state index is 13.1. The molecule has 2 aliphatic heterocycles. The van der Waals surface area contributed by atoms with E-state index in [4.69, 9.17) is 9.47 Å². The summed E-state index contributed by atoms with van der Waals surface area (Å²) in [6.45, 7) is 3.56. The standard InChI is InChI=1S/C23H30N4O6S/c1-25-16-18(34(30,31)27-8-4-3-5-9-27)15-21(25)22(28)24-20-7-6-17(14-19(20)23(29)32-2)26-10-12-33-13-11-26/h6-7,14-16H,3-5,8-13H2,1-2H3,(H,24,28). The van der Waals surface area contributed by atoms with Crippen molar-refractivity contribution in [2.24, 2.45) is 7.05 Å². The third-order valence-corrected chi connectivity index (χ3v) is 8.06. The Morgan fingerprint density at radius 3 is 2.41 bits per heavy atom. The van der Waals surface area contributed by atoms with Crippen LogP contribution in [0.5, 0.6) is 0 Å². The molecule has 0 bridgehead atoms. The number of amides is 1. The molecule has 2 fully saturated rings. The molecule has 4 rings (SSSR count). The summed E-state index contributed by atoms with van der Waals surface area (Å²) >= 11 is 0. The van der Waals surface area contributed by atoms with Crippen molar-refractivity contribution in [1.29, 1.82) is 0 Å². The summed E-state index contributed by atoms with van der Waals surface area (Å²) in [5, 5.41) is 2.75. The van der Waals surface area contributed by atoms with Crippen LogP contribution in [0.1, 0.15) is 40.1 Å². The highest BCUT2D eigenvalue weighted by Gasteiger charge is 2.29. The van der Waals surface area contributed by atoms with Crippen molar-refractivity contribution in [3.05, 3.63) is 41.7 Å². The van der Waals surface area contributed by atoms with Crippen LogP contribution >= 0.6 is 0 Å². The lowest BCUT2D eigenvalue weighted by Crippen LogP contribution is -2.36. The average molecular weight is 491 g/mol. The van der Waals surface area contributed by atoms with E-state index in [0.29, 0.717) is 39.4 Å². The topological polar surface area (TPSA) is 110 Å². The van der Waals surface area contributed by atoms with E-state index in [-0.39, 0.29) is 21.8 Å². The molecule has 34 heavy (non-hydrogen) atoms. The van der Waals surface area contributed by atoms with Crippen molar-refractivity contribution < 1.29 is 27.5 Å². The number of morpholine rings is 1. The molecule has 1 amide bonds. The molecule has 11 heteroatoms. The molecule has 0 spiro atoms. The van der Waals surface area contributed by atoms with Crippen LogP contribution in [0, 0.1) is 0 Å². The number of methoxy groups -OCH3 is 1. The number of hydrogen-bond acceptors (Lipinski definition) is 7. The lowest BCUT2D eigenvalue weighted by molar-refractivity contribution is 0.0602. The Kier molecular flexibility index (Phi) is 7.24. The van der Waals surface area contributed by atoms with Gasteiger partial charge in [-0.2, -0.15) is 4.31 Å². The molecule has 2 aliphatic rings. The summed E-state index contributed by atoms with van der Waals surface area (Å²) in [5.41, 5.74) is 1.50. The third kappa shape index (κ3) is 4.96. The van der Waals surface area contributed by atoms with Gasteiger partial charge in [-0.25, -0.2) is 13.2 Å². The predicted molar refractivity (Wildman–Crippen MR) is 127 cm³/mol. The van der Waals surface area contributed by atoms with E-state index in [1.54, 1.807) is 19.2 Å². The highest BCUT2D eigenvalue weighted by Crippen LogP contribution is 2.27. The van der Waals surface area contributed by atoms with Crippen LogP contribution in [0.3, 0.4) is 0 Å². The van der Waals surface area contributed by atoms with E-state index in [9.17, 15) is 18.0 Å². The van der Waals surface area contributed by atoms with Gasteiger partial charge in [-0.05, 0) is 37.1 Å². The molecule has 0 saturated carbocycles. The number of rotatable bonds is 6. The molecule has 184 valence electrons. The first kappa shape index (κ1) is 24.2. The van der Waals surface area contributed by atoms with Gasteiger partial charge >= 0.3 is 5.97 Å². The van der Waals surface area contributed by atoms with Gasteiger partial charge in [-0.15, -0.1) is 0 Å². The third-order valence-electron chi connectivity index (χ3n) is 6.20. The van der Waals surface area contributed by atoms with Crippen LogP contribution in [0.2, 0.25) is 0 Å². The first-order valence-corrected chi connectivity index (χ1v) is 12.8. The fourth-order valence-corrected chi connectivity index (χ4v) is 5.87. The largest absolute Gasteiger partial charge is 0.465 e.